The number of piperazine rings is 1. The van der Waals surface area contributed by atoms with E-state index in [1.807, 2.05) is 41.1 Å². The lowest BCUT2D eigenvalue weighted by atomic mass is 10.1. The topological polar surface area (TPSA) is 36.3 Å². The van der Waals surface area contributed by atoms with E-state index in [1.54, 1.807) is 6.07 Å². The van der Waals surface area contributed by atoms with Gasteiger partial charge in [0.1, 0.15) is 5.82 Å². The Kier molecular flexibility index (Phi) is 6.98. The minimum Gasteiger partial charge on any atom is -0.367 e. The summed E-state index contributed by atoms with van der Waals surface area (Å²) in [7, 11) is 0. The van der Waals surface area contributed by atoms with Gasteiger partial charge in [-0.25, -0.2) is 9.07 Å². The summed E-state index contributed by atoms with van der Waals surface area (Å²) in [6, 6.07) is 29.9. The molecule has 4 aromatic rings. The van der Waals surface area contributed by atoms with E-state index in [1.165, 1.54) is 6.07 Å². The third kappa shape index (κ3) is 5.19. The van der Waals surface area contributed by atoms with Crippen molar-refractivity contribution in [2.75, 3.05) is 44.2 Å². The van der Waals surface area contributed by atoms with E-state index in [2.05, 4.69) is 57.6 Å². The van der Waals surface area contributed by atoms with Crippen LogP contribution >= 0.6 is 0 Å². The Morgan fingerprint density at radius 2 is 1.47 bits per heavy atom. The molecule has 3 aromatic carbocycles. The highest BCUT2D eigenvalue weighted by Gasteiger charge is 2.19. The smallest absolute Gasteiger partial charge is 0.146 e. The number of benzene rings is 3. The van der Waals surface area contributed by atoms with Crippen LogP contribution in [0.25, 0.3) is 16.9 Å². The van der Waals surface area contributed by atoms with Crippen molar-refractivity contribution in [1.82, 2.24) is 20.0 Å². The van der Waals surface area contributed by atoms with Crippen molar-refractivity contribution in [2.24, 2.45) is 0 Å². The van der Waals surface area contributed by atoms with E-state index in [4.69, 9.17) is 5.10 Å². The van der Waals surface area contributed by atoms with Gasteiger partial charge in [-0.05, 0) is 30.3 Å². The van der Waals surface area contributed by atoms with E-state index in [0.717, 1.165) is 68.5 Å². The van der Waals surface area contributed by atoms with Crippen LogP contribution in [0.4, 0.5) is 10.1 Å². The Hall–Kier alpha value is -3.48. The number of hydrogen-bond donors (Lipinski definition) is 1. The number of halogens is 1. The first-order valence-electron chi connectivity index (χ1n) is 11.9. The van der Waals surface area contributed by atoms with Crippen LogP contribution in [0, 0.1) is 5.82 Å². The Bertz CT molecular complexity index is 1130. The van der Waals surface area contributed by atoms with Gasteiger partial charge in [0.2, 0.25) is 0 Å². The molecule has 0 amide bonds. The molecular formula is C28H30FN5. The van der Waals surface area contributed by atoms with Crippen molar-refractivity contribution in [2.45, 2.75) is 6.54 Å². The van der Waals surface area contributed by atoms with Gasteiger partial charge in [0.15, 0.2) is 0 Å². The number of anilines is 1. The summed E-state index contributed by atoms with van der Waals surface area (Å²) in [5, 5.41) is 8.44. The van der Waals surface area contributed by atoms with Crippen LogP contribution in [0.5, 0.6) is 0 Å². The van der Waals surface area contributed by atoms with Gasteiger partial charge in [0.25, 0.3) is 0 Å². The van der Waals surface area contributed by atoms with Gasteiger partial charge < -0.3 is 10.2 Å². The van der Waals surface area contributed by atoms with Gasteiger partial charge in [-0.1, -0.05) is 60.7 Å². The van der Waals surface area contributed by atoms with Crippen LogP contribution < -0.4 is 10.2 Å². The zero-order valence-corrected chi connectivity index (χ0v) is 19.3. The molecule has 1 saturated heterocycles. The molecule has 5 nitrogen and oxygen atoms in total. The minimum absolute atomic E-state index is 0.137. The van der Waals surface area contributed by atoms with Gasteiger partial charge in [0.05, 0.1) is 22.8 Å². The fourth-order valence-electron chi connectivity index (χ4n) is 4.47. The maximum absolute atomic E-state index is 14.1. The molecule has 34 heavy (non-hydrogen) atoms. The Morgan fingerprint density at radius 1 is 0.794 bits per heavy atom. The molecule has 0 bridgehead atoms. The molecule has 1 N–H and O–H groups in total. The summed E-state index contributed by atoms with van der Waals surface area (Å²) in [6.07, 6.45) is 0. The molecular weight excluding hydrogens is 425 g/mol. The quantitative estimate of drug-likeness (QED) is 0.394. The molecule has 0 atom stereocenters. The van der Waals surface area contributed by atoms with Gasteiger partial charge in [-0.3, -0.25) is 4.90 Å². The molecule has 0 radical (unpaired) electrons. The largest absolute Gasteiger partial charge is 0.367 e. The Balaban J connectivity index is 1.16. The molecule has 1 aliphatic rings. The number of para-hydroxylation sites is 2. The number of rotatable bonds is 8. The minimum atomic E-state index is -0.137. The maximum atomic E-state index is 14.1. The standard InChI is InChI=1S/C28H30FN5/c29-26-13-7-8-14-27(26)33-19-17-32(18-20-33)16-15-30-22-24-21-28(23-9-3-1-4-10-23)34(31-24)25-11-5-2-6-12-25/h1-14,21,30H,15-20,22H2. The first-order valence-corrected chi connectivity index (χ1v) is 11.9. The van der Waals surface area contributed by atoms with E-state index in [9.17, 15) is 4.39 Å². The lowest BCUT2D eigenvalue weighted by Crippen LogP contribution is -2.48. The number of nitrogens with one attached hydrogen (secondary N) is 1. The van der Waals surface area contributed by atoms with Crippen LogP contribution in [-0.2, 0) is 6.54 Å². The van der Waals surface area contributed by atoms with E-state index in [-0.39, 0.29) is 5.82 Å². The van der Waals surface area contributed by atoms with Crippen molar-refractivity contribution in [1.29, 1.82) is 0 Å². The fraction of sp³-hybridized carbons (Fsp3) is 0.250. The number of hydrogen-bond acceptors (Lipinski definition) is 4. The second-order valence-electron chi connectivity index (χ2n) is 8.59. The molecule has 0 aliphatic carbocycles. The lowest BCUT2D eigenvalue weighted by Gasteiger charge is -2.36. The predicted octanol–water partition coefficient (Wildman–Crippen LogP) is 4.59. The summed E-state index contributed by atoms with van der Waals surface area (Å²) in [5.41, 5.74) is 5.03. The monoisotopic (exact) mass is 455 g/mol. The third-order valence-electron chi connectivity index (χ3n) is 6.31. The molecule has 1 aromatic heterocycles. The highest BCUT2D eigenvalue weighted by atomic mass is 19.1. The zero-order valence-electron chi connectivity index (χ0n) is 19.3. The van der Waals surface area contributed by atoms with Crippen molar-refractivity contribution >= 4 is 5.69 Å². The predicted molar refractivity (Wildman–Crippen MR) is 136 cm³/mol. The molecule has 0 saturated carbocycles. The first kappa shape index (κ1) is 22.3. The normalized spacial score (nSPS) is 14.4. The lowest BCUT2D eigenvalue weighted by molar-refractivity contribution is 0.256. The SMILES string of the molecule is Fc1ccccc1N1CCN(CCNCc2cc(-c3ccccc3)n(-c3ccccc3)n2)CC1. The molecule has 0 spiro atoms. The molecule has 1 aliphatic heterocycles. The highest BCUT2D eigenvalue weighted by molar-refractivity contribution is 5.62. The van der Waals surface area contributed by atoms with Crippen LogP contribution in [0.1, 0.15) is 5.69 Å². The van der Waals surface area contributed by atoms with Crippen molar-refractivity contribution < 1.29 is 4.39 Å². The van der Waals surface area contributed by atoms with Crippen LogP contribution in [0.3, 0.4) is 0 Å². The van der Waals surface area contributed by atoms with Gasteiger partial charge in [0, 0.05) is 51.4 Å². The number of aromatic nitrogens is 2. The van der Waals surface area contributed by atoms with Gasteiger partial charge >= 0.3 is 0 Å². The first-order chi connectivity index (χ1) is 16.8. The molecule has 6 heteroatoms. The van der Waals surface area contributed by atoms with E-state index < -0.39 is 0 Å². The van der Waals surface area contributed by atoms with Crippen LogP contribution in [-0.4, -0.2) is 53.9 Å². The Labute approximate surface area is 200 Å². The fourth-order valence-corrected chi connectivity index (χ4v) is 4.47. The zero-order chi connectivity index (χ0) is 23.2. The summed E-state index contributed by atoms with van der Waals surface area (Å²) < 4.78 is 16.1. The second kappa shape index (κ2) is 10.6. The molecule has 2 heterocycles. The molecule has 0 unspecified atom stereocenters. The van der Waals surface area contributed by atoms with Crippen molar-refractivity contribution in [3.63, 3.8) is 0 Å². The summed E-state index contributed by atoms with van der Waals surface area (Å²) in [5.74, 6) is -0.137. The summed E-state index contributed by atoms with van der Waals surface area (Å²) in [4.78, 5) is 4.57. The molecule has 1 fully saturated rings. The van der Waals surface area contributed by atoms with E-state index in [0.29, 0.717) is 5.69 Å². The van der Waals surface area contributed by atoms with Crippen molar-refractivity contribution in [3.8, 4) is 16.9 Å². The maximum Gasteiger partial charge on any atom is 0.146 e. The van der Waals surface area contributed by atoms with Gasteiger partial charge in [-0.2, -0.15) is 5.10 Å². The average molecular weight is 456 g/mol. The average Bonchev–Trinajstić information content (AvgIpc) is 3.33. The van der Waals surface area contributed by atoms with E-state index >= 15 is 0 Å². The highest BCUT2D eigenvalue weighted by Crippen LogP contribution is 2.24. The summed E-state index contributed by atoms with van der Waals surface area (Å²) in [6.45, 7) is 6.16. The third-order valence-corrected chi connectivity index (χ3v) is 6.31. The molecule has 5 rings (SSSR count). The Morgan fingerprint density at radius 3 is 2.21 bits per heavy atom. The second-order valence-corrected chi connectivity index (χ2v) is 8.59. The van der Waals surface area contributed by atoms with Crippen LogP contribution in [0.2, 0.25) is 0 Å². The van der Waals surface area contributed by atoms with Crippen molar-refractivity contribution in [3.05, 3.63) is 103 Å². The van der Waals surface area contributed by atoms with Gasteiger partial charge in [-0.15, -0.1) is 0 Å². The molecule has 174 valence electrons. The summed E-state index contributed by atoms with van der Waals surface area (Å²) >= 11 is 0. The van der Waals surface area contributed by atoms with Crippen LogP contribution in [0.15, 0.2) is 91.0 Å². The number of nitrogens with zero attached hydrogens (tertiary/aromatic N) is 4.